The zero-order valence-electron chi connectivity index (χ0n) is 15.3. The summed E-state index contributed by atoms with van der Waals surface area (Å²) in [7, 11) is -1.26. The summed E-state index contributed by atoms with van der Waals surface area (Å²) in [6.07, 6.45) is 6.73. The number of fused-ring (bicyclic) bond motifs is 1. The molecule has 1 fully saturated rings. The highest BCUT2D eigenvalue weighted by molar-refractivity contribution is 8.50. The van der Waals surface area contributed by atoms with Crippen LogP contribution in [0.2, 0.25) is 0 Å². The second kappa shape index (κ2) is 6.03. The maximum absolute atomic E-state index is 9.24. The second-order valence-corrected chi connectivity index (χ2v) is 11.4. The molecule has 25 heavy (non-hydrogen) atoms. The molecule has 4 unspecified atom stereocenters. The maximum atomic E-state index is 9.24. The molecular weight excluding hydrogens is 328 g/mol. The predicted octanol–water partition coefficient (Wildman–Crippen LogP) is 4.44. The van der Waals surface area contributed by atoms with Gasteiger partial charge in [-0.2, -0.15) is 15.3 Å². The average Bonchev–Trinajstić information content (AvgIpc) is 3.18. The van der Waals surface area contributed by atoms with Crippen LogP contribution in [0.3, 0.4) is 0 Å². The van der Waals surface area contributed by atoms with Gasteiger partial charge >= 0.3 is 0 Å². The summed E-state index contributed by atoms with van der Waals surface area (Å²) >= 11 is 0. The molecule has 1 aromatic carbocycles. The lowest BCUT2D eigenvalue weighted by atomic mass is 9.82. The molecule has 1 aromatic heterocycles. The summed E-state index contributed by atoms with van der Waals surface area (Å²) in [5.41, 5.74) is 8.56. The van der Waals surface area contributed by atoms with E-state index in [0.29, 0.717) is 5.17 Å². The molecule has 0 saturated carbocycles. The van der Waals surface area contributed by atoms with E-state index in [1.807, 2.05) is 19.3 Å². The predicted molar refractivity (Wildman–Crippen MR) is 107 cm³/mol. The Morgan fingerprint density at radius 2 is 2.16 bits per heavy atom. The molecule has 0 aliphatic carbocycles. The molecule has 1 aliphatic rings. The SMILES string of the molecule is CC(C#N)CC(C)c1c(C2(C)CS2(C)C(=N)N)ccc2cnccc12. The number of benzene rings is 1. The summed E-state index contributed by atoms with van der Waals surface area (Å²) in [5.74, 6) is 1.25. The van der Waals surface area contributed by atoms with E-state index in [1.54, 1.807) is 0 Å². The number of pyridine rings is 1. The minimum Gasteiger partial charge on any atom is -0.380 e. The minimum absolute atomic E-state index is 0.0125. The van der Waals surface area contributed by atoms with Crippen molar-refractivity contribution in [3.05, 3.63) is 41.7 Å². The largest absolute Gasteiger partial charge is 0.380 e. The van der Waals surface area contributed by atoms with Gasteiger partial charge in [0.05, 0.1) is 6.07 Å². The van der Waals surface area contributed by atoms with Gasteiger partial charge in [0.15, 0.2) is 0 Å². The van der Waals surface area contributed by atoms with Crippen molar-refractivity contribution in [1.82, 2.24) is 4.98 Å². The van der Waals surface area contributed by atoms with Crippen LogP contribution in [-0.4, -0.2) is 22.2 Å². The first-order chi connectivity index (χ1) is 11.7. The zero-order chi connectivity index (χ0) is 18.4. The lowest BCUT2D eigenvalue weighted by molar-refractivity contribution is 0.574. The number of nitriles is 1. The quantitative estimate of drug-likeness (QED) is 0.483. The molecule has 2 heterocycles. The van der Waals surface area contributed by atoms with Gasteiger partial charge in [-0.3, -0.25) is 10.4 Å². The van der Waals surface area contributed by atoms with Gasteiger partial charge in [0.2, 0.25) is 0 Å². The van der Waals surface area contributed by atoms with Crippen LogP contribution in [-0.2, 0) is 4.75 Å². The van der Waals surface area contributed by atoms with Crippen molar-refractivity contribution in [2.24, 2.45) is 11.7 Å². The zero-order valence-corrected chi connectivity index (χ0v) is 16.2. The van der Waals surface area contributed by atoms with Crippen LogP contribution < -0.4 is 5.73 Å². The Morgan fingerprint density at radius 3 is 2.76 bits per heavy atom. The molecule has 0 spiro atoms. The number of hydrogen-bond donors (Lipinski definition) is 2. The van der Waals surface area contributed by atoms with Gasteiger partial charge in [-0.15, -0.1) is 0 Å². The molecule has 1 aliphatic heterocycles. The van der Waals surface area contributed by atoms with Crippen LogP contribution >= 0.6 is 10.0 Å². The van der Waals surface area contributed by atoms with Crippen molar-refractivity contribution >= 4 is 26.0 Å². The Morgan fingerprint density at radius 1 is 1.44 bits per heavy atom. The van der Waals surface area contributed by atoms with Gasteiger partial charge < -0.3 is 5.73 Å². The van der Waals surface area contributed by atoms with Gasteiger partial charge in [0.25, 0.3) is 0 Å². The number of aromatic nitrogens is 1. The van der Waals surface area contributed by atoms with E-state index < -0.39 is 10.0 Å². The third-order valence-corrected chi connectivity index (χ3v) is 9.94. The van der Waals surface area contributed by atoms with Gasteiger partial charge in [-0.1, -0.05) is 19.1 Å². The van der Waals surface area contributed by atoms with E-state index in [9.17, 15) is 5.26 Å². The number of amidine groups is 1. The highest BCUT2D eigenvalue weighted by Crippen LogP contribution is 2.79. The first kappa shape index (κ1) is 17.8. The molecule has 1 saturated heterocycles. The Bertz CT molecular complexity index is 887. The average molecular weight is 355 g/mol. The first-order valence-electron chi connectivity index (χ1n) is 8.61. The fourth-order valence-electron chi connectivity index (χ4n) is 4.05. The van der Waals surface area contributed by atoms with Crippen LogP contribution in [0.25, 0.3) is 10.8 Å². The number of nitrogens with zero attached hydrogens (tertiary/aromatic N) is 2. The molecular formula is C20H26N4S. The molecule has 3 rings (SSSR count). The molecule has 0 amide bonds. The molecule has 0 bridgehead atoms. The summed E-state index contributed by atoms with van der Waals surface area (Å²) in [6.45, 7) is 6.43. The van der Waals surface area contributed by atoms with Crippen molar-refractivity contribution in [2.75, 3.05) is 12.0 Å². The fourth-order valence-corrected chi connectivity index (χ4v) is 7.08. The first-order valence-corrected chi connectivity index (χ1v) is 10.8. The van der Waals surface area contributed by atoms with Crippen molar-refractivity contribution < 1.29 is 0 Å². The van der Waals surface area contributed by atoms with E-state index in [4.69, 9.17) is 11.1 Å². The monoisotopic (exact) mass is 354 g/mol. The molecule has 2 aromatic rings. The Kier molecular flexibility index (Phi) is 4.28. The Labute approximate surface area is 151 Å². The molecule has 5 heteroatoms. The molecule has 132 valence electrons. The van der Waals surface area contributed by atoms with E-state index in [-0.39, 0.29) is 16.6 Å². The lowest BCUT2D eigenvalue weighted by Crippen LogP contribution is -2.18. The standard InChI is InChI=1S/C20H26N4S/c1-13(10-21)9-14(2)18-16-7-8-24-11-15(16)5-6-17(18)20(3)12-25(20,4)19(22)23/h5-8,11,13-14H,9,12H2,1-4H3,(H3,22,23). The van der Waals surface area contributed by atoms with Gasteiger partial charge in [0, 0.05) is 34.2 Å². The van der Waals surface area contributed by atoms with Crippen LogP contribution in [0.5, 0.6) is 0 Å². The van der Waals surface area contributed by atoms with Gasteiger partial charge in [-0.25, -0.2) is 0 Å². The topological polar surface area (TPSA) is 86.5 Å². The Hall–Kier alpha value is -2.06. The highest BCUT2D eigenvalue weighted by atomic mass is 32.3. The van der Waals surface area contributed by atoms with Crippen LogP contribution in [0.15, 0.2) is 30.6 Å². The number of nitrogens with one attached hydrogen (secondary N) is 1. The number of hydrogen-bond acceptors (Lipinski definition) is 3. The van der Waals surface area contributed by atoms with Crippen molar-refractivity contribution in [3.63, 3.8) is 0 Å². The second-order valence-electron chi connectivity index (χ2n) is 7.62. The molecule has 0 radical (unpaired) electrons. The van der Waals surface area contributed by atoms with Crippen LogP contribution in [0.4, 0.5) is 0 Å². The van der Waals surface area contributed by atoms with Crippen LogP contribution in [0, 0.1) is 22.7 Å². The van der Waals surface area contributed by atoms with Gasteiger partial charge in [0.1, 0.15) is 5.17 Å². The minimum atomic E-state index is -1.26. The maximum Gasteiger partial charge on any atom is 0.134 e. The smallest absolute Gasteiger partial charge is 0.134 e. The number of nitrogens with two attached hydrogens (primary N) is 1. The molecule has 4 nitrogen and oxygen atoms in total. The van der Waals surface area contributed by atoms with E-state index in [0.717, 1.165) is 17.6 Å². The normalized spacial score (nSPS) is 30.0. The molecule has 4 atom stereocenters. The third kappa shape index (κ3) is 2.69. The summed E-state index contributed by atoms with van der Waals surface area (Å²) in [4.78, 5) is 4.25. The van der Waals surface area contributed by atoms with Crippen LogP contribution in [0.1, 0.15) is 44.2 Å². The van der Waals surface area contributed by atoms with E-state index in [2.05, 4.69) is 49.4 Å². The van der Waals surface area contributed by atoms with Gasteiger partial charge in [-0.05, 0) is 55.0 Å². The highest BCUT2D eigenvalue weighted by Gasteiger charge is 2.60. The summed E-state index contributed by atoms with van der Waals surface area (Å²) in [6, 6.07) is 8.77. The summed E-state index contributed by atoms with van der Waals surface area (Å²) in [5, 5.41) is 20.0. The molecule has 3 N–H and O–H groups in total. The van der Waals surface area contributed by atoms with E-state index >= 15 is 0 Å². The van der Waals surface area contributed by atoms with Crippen molar-refractivity contribution in [1.29, 1.82) is 10.7 Å². The number of rotatable bonds is 4. The fraction of sp³-hybridized carbons (Fsp3) is 0.450. The Balaban J connectivity index is 2.19. The van der Waals surface area contributed by atoms with Crippen molar-refractivity contribution in [2.45, 2.75) is 37.9 Å². The third-order valence-electron chi connectivity index (χ3n) is 5.81. The van der Waals surface area contributed by atoms with E-state index in [1.165, 1.54) is 16.5 Å². The summed E-state index contributed by atoms with van der Waals surface area (Å²) < 4.78 is -0.0459. The van der Waals surface area contributed by atoms with Crippen molar-refractivity contribution in [3.8, 4) is 6.07 Å². The lowest BCUT2D eigenvalue weighted by Gasteiger charge is -2.28.